The average Bonchev–Trinajstić information content (AvgIpc) is 2.53. The molecule has 1 heterocycles. The molecule has 0 unspecified atom stereocenters. The molecule has 0 aliphatic heterocycles. The fourth-order valence-electron chi connectivity index (χ4n) is 1.20. The molecule has 0 saturated carbocycles. The van der Waals surface area contributed by atoms with Crippen LogP contribution in [0, 0.1) is 0 Å². The minimum Gasteiger partial charge on any atom is -0.311 e. The van der Waals surface area contributed by atoms with Gasteiger partial charge in [0.05, 0.1) is 0 Å². The number of halogens is 2. The van der Waals surface area contributed by atoms with E-state index in [4.69, 9.17) is 11.6 Å². The molecule has 0 radical (unpaired) electrons. The van der Waals surface area contributed by atoms with Gasteiger partial charge in [0.25, 0.3) is 0 Å². The number of hydrogen-bond donors (Lipinski definition) is 1. The van der Waals surface area contributed by atoms with Crippen LogP contribution < -0.4 is 5.32 Å². The Kier molecular flexibility index (Phi) is 6.29. The zero-order chi connectivity index (χ0) is 12.1. The lowest BCUT2D eigenvalue weighted by Crippen LogP contribution is -2.33. The average molecular weight is 326 g/mol. The third-order valence-electron chi connectivity index (χ3n) is 2.52. The summed E-state index contributed by atoms with van der Waals surface area (Å²) in [6.45, 7) is 7.37. The van der Waals surface area contributed by atoms with Crippen molar-refractivity contribution in [1.82, 2.24) is 10.2 Å². The van der Waals surface area contributed by atoms with Gasteiger partial charge in [-0.05, 0) is 42.9 Å². The van der Waals surface area contributed by atoms with Gasteiger partial charge in [0.15, 0.2) is 0 Å². The lowest BCUT2D eigenvalue weighted by molar-refractivity contribution is 0.273. The van der Waals surface area contributed by atoms with E-state index in [0.717, 1.165) is 28.4 Å². The fourth-order valence-corrected chi connectivity index (χ4v) is 2.96. The second-order valence-electron chi connectivity index (χ2n) is 4.09. The van der Waals surface area contributed by atoms with Crippen LogP contribution >= 0.6 is 38.9 Å². The normalized spacial score (nSPS) is 11.7. The Morgan fingerprint density at radius 3 is 2.75 bits per heavy atom. The molecular weight excluding hydrogens is 308 g/mol. The predicted molar refractivity (Wildman–Crippen MR) is 76.5 cm³/mol. The molecule has 0 saturated heterocycles. The summed E-state index contributed by atoms with van der Waals surface area (Å²) >= 11 is 11.0. The molecule has 1 aromatic heterocycles. The van der Waals surface area contributed by atoms with Gasteiger partial charge in [0, 0.05) is 35.0 Å². The molecule has 1 N–H and O–H groups in total. The van der Waals surface area contributed by atoms with E-state index >= 15 is 0 Å². The highest BCUT2D eigenvalue weighted by molar-refractivity contribution is 9.10. The van der Waals surface area contributed by atoms with Crippen molar-refractivity contribution in [2.75, 3.05) is 20.1 Å². The standard InChI is InChI=1S/C11H18BrClN2S/c1-8(2)15(3)5-4-14-7-9-6-10(12)11(13)16-9/h6,8,14H,4-5,7H2,1-3H3. The molecule has 1 rings (SSSR count). The second-order valence-corrected chi connectivity index (χ2v) is 6.68. The van der Waals surface area contributed by atoms with Crippen LogP contribution in [0.4, 0.5) is 0 Å². The van der Waals surface area contributed by atoms with E-state index in [2.05, 4.69) is 53.1 Å². The molecule has 0 spiro atoms. The van der Waals surface area contributed by atoms with Gasteiger partial charge in [0.1, 0.15) is 4.34 Å². The molecular formula is C11H18BrClN2S. The van der Waals surface area contributed by atoms with E-state index in [0.29, 0.717) is 6.04 Å². The maximum atomic E-state index is 5.97. The maximum Gasteiger partial charge on any atom is 0.107 e. The van der Waals surface area contributed by atoms with Gasteiger partial charge < -0.3 is 10.2 Å². The zero-order valence-corrected chi connectivity index (χ0v) is 13.0. The molecule has 92 valence electrons. The molecule has 0 aliphatic carbocycles. The van der Waals surface area contributed by atoms with Crippen LogP contribution in [0.3, 0.4) is 0 Å². The number of nitrogens with zero attached hydrogens (tertiary/aromatic N) is 1. The monoisotopic (exact) mass is 324 g/mol. The van der Waals surface area contributed by atoms with Gasteiger partial charge in [-0.1, -0.05) is 11.6 Å². The van der Waals surface area contributed by atoms with E-state index in [-0.39, 0.29) is 0 Å². The van der Waals surface area contributed by atoms with E-state index in [1.54, 1.807) is 11.3 Å². The first kappa shape index (κ1) is 14.5. The Morgan fingerprint density at radius 2 is 2.25 bits per heavy atom. The summed E-state index contributed by atoms with van der Waals surface area (Å²) in [7, 11) is 2.14. The molecule has 0 fully saturated rings. The van der Waals surface area contributed by atoms with Crippen LogP contribution in [0.1, 0.15) is 18.7 Å². The number of likely N-dealkylation sites (N-methyl/N-ethyl adjacent to an activating group) is 1. The van der Waals surface area contributed by atoms with Gasteiger partial charge in [0.2, 0.25) is 0 Å². The third-order valence-corrected chi connectivity index (χ3v) is 4.99. The Bertz CT molecular complexity index is 308. The first-order chi connectivity index (χ1) is 7.50. The number of nitrogens with one attached hydrogen (secondary N) is 1. The first-order valence-electron chi connectivity index (χ1n) is 5.35. The fraction of sp³-hybridized carbons (Fsp3) is 0.636. The molecule has 16 heavy (non-hydrogen) atoms. The van der Waals surface area contributed by atoms with Crippen LogP contribution in [0.5, 0.6) is 0 Å². The smallest absolute Gasteiger partial charge is 0.107 e. The quantitative estimate of drug-likeness (QED) is 0.804. The summed E-state index contributed by atoms with van der Waals surface area (Å²) in [6.07, 6.45) is 0. The van der Waals surface area contributed by atoms with Crippen LogP contribution in [0.25, 0.3) is 0 Å². The van der Waals surface area contributed by atoms with Crippen LogP contribution in [-0.2, 0) is 6.54 Å². The summed E-state index contributed by atoms with van der Waals surface area (Å²) < 4.78 is 1.83. The Morgan fingerprint density at radius 1 is 1.56 bits per heavy atom. The minimum absolute atomic E-state index is 0.604. The lowest BCUT2D eigenvalue weighted by atomic mass is 10.3. The van der Waals surface area contributed by atoms with E-state index in [1.165, 1.54) is 4.88 Å². The molecule has 0 aromatic carbocycles. The van der Waals surface area contributed by atoms with Gasteiger partial charge >= 0.3 is 0 Å². The van der Waals surface area contributed by atoms with Crippen molar-refractivity contribution >= 4 is 38.9 Å². The van der Waals surface area contributed by atoms with Gasteiger partial charge in [-0.15, -0.1) is 11.3 Å². The largest absolute Gasteiger partial charge is 0.311 e. The molecule has 5 heteroatoms. The van der Waals surface area contributed by atoms with Crippen molar-refractivity contribution < 1.29 is 0 Å². The Hall–Kier alpha value is 0.390. The maximum absolute atomic E-state index is 5.97. The highest BCUT2D eigenvalue weighted by Crippen LogP contribution is 2.31. The van der Waals surface area contributed by atoms with Crippen molar-refractivity contribution in [3.8, 4) is 0 Å². The summed E-state index contributed by atoms with van der Waals surface area (Å²) in [5.74, 6) is 0. The van der Waals surface area contributed by atoms with E-state index in [1.807, 2.05) is 0 Å². The van der Waals surface area contributed by atoms with Crippen LogP contribution in [-0.4, -0.2) is 31.1 Å². The Balaban J connectivity index is 2.21. The minimum atomic E-state index is 0.604. The zero-order valence-electron chi connectivity index (χ0n) is 9.89. The van der Waals surface area contributed by atoms with Crippen molar-refractivity contribution in [2.24, 2.45) is 0 Å². The summed E-state index contributed by atoms with van der Waals surface area (Å²) in [6, 6.07) is 2.68. The molecule has 0 aliphatic rings. The van der Waals surface area contributed by atoms with Crippen molar-refractivity contribution in [3.63, 3.8) is 0 Å². The second kappa shape index (κ2) is 6.97. The summed E-state index contributed by atoms with van der Waals surface area (Å²) in [5.41, 5.74) is 0. The number of thiophene rings is 1. The summed E-state index contributed by atoms with van der Waals surface area (Å²) in [5, 5.41) is 3.42. The molecule has 1 aromatic rings. The van der Waals surface area contributed by atoms with E-state index < -0.39 is 0 Å². The van der Waals surface area contributed by atoms with Gasteiger partial charge in [-0.2, -0.15) is 0 Å². The van der Waals surface area contributed by atoms with Crippen molar-refractivity contribution in [2.45, 2.75) is 26.4 Å². The van der Waals surface area contributed by atoms with Crippen LogP contribution in [0.2, 0.25) is 4.34 Å². The SMILES string of the molecule is CC(C)N(C)CCNCc1cc(Br)c(Cl)s1. The molecule has 0 atom stereocenters. The lowest BCUT2D eigenvalue weighted by Gasteiger charge is -2.20. The number of hydrogen-bond acceptors (Lipinski definition) is 3. The highest BCUT2D eigenvalue weighted by Gasteiger charge is 2.05. The van der Waals surface area contributed by atoms with Gasteiger partial charge in [-0.25, -0.2) is 0 Å². The van der Waals surface area contributed by atoms with E-state index in [9.17, 15) is 0 Å². The predicted octanol–water partition coefficient (Wildman–Crippen LogP) is 3.59. The molecule has 0 bridgehead atoms. The third kappa shape index (κ3) is 4.72. The Labute approximate surface area is 115 Å². The van der Waals surface area contributed by atoms with Crippen molar-refractivity contribution in [1.29, 1.82) is 0 Å². The van der Waals surface area contributed by atoms with Gasteiger partial charge in [-0.3, -0.25) is 0 Å². The van der Waals surface area contributed by atoms with Crippen molar-refractivity contribution in [3.05, 3.63) is 19.8 Å². The topological polar surface area (TPSA) is 15.3 Å². The first-order valence-corrected chi connectivity index (χ1v) is 7.34. The van der Waals surface area contributed by atoms with Crippen LogP contribution in [0.15, 0.2) is 10.5 Å². The molecule has 2 nitrogen and oxygen atoms in total. The molecule has 0 amide bonds. The number of rotatable bonds is 6. The highest BCUT2D eigenvalue weighted by atomic mass is 79.9. The summed E-state index contributed by atoms with van der Waals surface area (Å²) in [4.78, 5) is 3.59.